The molecule has 45 heavy (non-hydrogen) atoms. The van der Waals surface area contributed by atoms with Crippen LogP contribution in [0.1, 0.15) is 77.2 Å². The molecule has 4 aliphatic carbocycles. The number of piperidine rings is 1. The average molecular weight is 633 g/mol. The Kier molecular flexibility index (Phi) is 9.12. The van der Waals surface area contributed by atoms with Gasteiger partial charge in [0.15, 0.2) is 0 Å². The highest BCUT2D eigenvalue weighted by Gasteiger charge is 2.57. The Morgan fingerprint density at radius 3 is 2.33 bits per heavy atom. The van der Waals surface area contributed by atoms with Crippen molar-refractivity contribution in [1.29, 1.82) is 0 Å². The van der Waals surface area contributed by atoms with Gasteiger partial charge in [-0.1, -0.05) is 55.8 Å². The molecule has 1 aliphatic heterocycles. The van der Waals surface area contributed by atoms with Gasteiger partial charge in [-0.15, -0.1) is 0 Å². The van der Waals surface area contributed by atoms with Crippen molar-refractivity contribution in [3.05, 3.63) is 78.1 Å². The lowest BCUT2D eigenvalue weighted by Gasteiger charge is -2.58. The molecule has 0 amide bonds. The maximum Gasteiger partial charge on any atom is 0.309 e. The summed E-state index contributed by atoms with van der Waals surface area (Å²) in [6, 6.07) is 11.7. The van der Waals surface area contributed by atoms with Crippen molar-refractivity contribution >= 4 is 21.7 Å². The number of ether oxygens (including phenoxy) is 1. The summed E-state index contributed by atoms with van der Waals surface area (Å²) in [5, 5.41) is 0. The normalized spacial score (nSPS) is 33.3. The zero-order valence-corrected chi connectivity index (χ0v) is 27.7. The van der Waals surface area contributed by atoms with Crippen molar-refractivity contribution in [2.24, 2.45) is 34.5 Å². The first-order chi connectivity index (χ1) is 21.5. The topological polar surface area (TPSA) is 96.8 Å². The summed E-state index contributed by atoms with van der Waals surface area (Å²) in [5.74, 6) is 2.41. The highest BCUT2D eigenvalue weighted by molar-refractivity contribution is 7.85. The molecule has 0 bridgehead atoms. The molecule has 0 unspecified atom stereocenters. The van der Waals surface area contributed by atoms with Crippen LogP contribution in [0.25, 0.3) is 5.57 Å². The maximum absolute atomic E-state index is 12.9. The number of likely N-dealkylation sites (tertiary alicyclic amines) is 1. The van der Waals surface area contributed by atoms with Crippen molar-refractivity contribution in [1.82, 2.24) is 9.88 Å². The van der Waals surface area contributed by atoms with Crippen LogP contribution in [0, 0.1) is 34.5 Å². The molecule has 7 nitrogen and oxygen atoms in total. The fraction of sp³-hybridized carbons (Fsp3) is 0.568. The fourth-order valence-corrected chi connectivity index (χ4v) is 9.86. The first-order valence-corrected chi connectivity index (χ1v) is 18.1. The number of hydrogen-bond donors (Lipinski definition) is 1. The van der Waals surface area contributed by atoms with Gasteiger partial charge >= 0.3 is 5.97 Å². The number of carbonyl (C=O) groups excluding carboxylic acids is 1. The van der Waals surface area contributed by atoms with Crippen molar-refractivity contribution in [2.75, 3.05) is 20.1 Å². The van der Waals surface area contributed by atoms with Gasteiger partial charge in [-0.05, 0) is 129 Å². The molecule has 1 aromatic heterocycles. The number of carbonyl (C=O) groups is 1. The number of nitrogens with zero attached hydrogens (tertiary/aromatic N) is 2. The molecule has 7 rings (SSSR count). The van der Waals surface area contributed by atoms with E-state index in [0.29, 0.717) is 0 Å². The molecule has 1 N–H and O–H groups in total. The van der Waals surface area contributed by atoms with Gasteiger partial charge in [0, 0.05) is 18.8 Å². The maximum atomic E-state index is 12.9. The van der Waals surface area contributed by atoms with E-state index in [2.05, 4.69) is 61.3 Å². The SMILES string of the molecule is CN1CCC(C(=O)O[C@H]2CC[C@@]3(C)C(=CC[C@@H]4[C@@H]3CC[C@]3(C)C(c5cccnc5)=CC[C@@H]43)C2)CC1.O=S(=O)(O)c1ccccc1. The van der Waals surface area contributed by atoms with Crippen LogP contribution in [-0.2, 0) is 19.6 Å². The van der Waals surface area contributed by atoms with Gasteiger partial charge in [0.25, 0.3) is 10.1 Å². The summed E-state index contributed by atoms with van der Waals surface area (Å²) in [7, 11) is -1.86. The van der Waals surface area contributed by atoms with Gasteiger partial charge in [-0.25, -0.2) is 0 Å². The third-order valence-corrected chi connectivity index (χ3v) is 12.9. The van der Waals surface area contributed by atoms with Gasteiger partial charge in [0.2, 0.25) is 0 Å². The Morgan fingerprint density at radius 1 is 0.933 bits per heavy atom. The van der Waals surface area contributed by atoms with Gasteiger partial charge in [-0.3, -0.25) is 14.3 Å². The molecule has 1 aromatic carbocycles. The van der Waals surface area contributed by atoms with Crippen LogP contribution in [0.15, 0.2) is 77.5 Å². The minimum Gasteiger partial charge on any atom is -0.462 e. The minimum atomic E-state index is -4.00. The van der Waals surface area contributed by atoms with E-state index in [1.165, 1.54) is 43.4 Å². The second kappa shape index (κ2) is 12.8. The molecule has 2 heterocycles. The van der Waals surface area contributed by atoms with Gasteiger partial charge in [0.1, 0.15) is 6.10 Å². The van der Waals surface area contributed by atoms with E-state index in [1.54, 1.807) is 29.3 Å². The summed E-state index contributed by atoms with van der Waals surface area (Å²) in [6.07, 6.45) is 19.1. The molecule has 0 radical (unpaired) electrons. The quantitative estimate of drug-likeness (QED) is 0.216. The highest BCUT2D eigenvalue weighted by Crippen LogP contribution is 2.66. The number of fused-ring (bicyclic) bond motifs is 5. The van der Waals surface area contributed by atoms with Gasteiger partial charge in [-0.2, -0.15) is 8.42 Å². The number of rotatable bonds is 4. The highest BCUT2D eigenvalue weighted by atomic mass is 32.2. The second-order valence-corrected chi connectivity index (χ2v) is 15.9. The number of esters is 1. The Balaban J connectivity index is 0.000000306. The van der Waals surface area contributed by atoms with Crippen LogP contribution in [0.2, 0.25) is 0 Å². The van der Waals surface area contributed by atoms with Gasteiger partial charge < -0.3 is 9.64 Å². The van der Waals surface area contributed by atoms with E-state index in [0.717, 1.165) is 62.9 Å². The number of aromatic nitrogens is 1. The van der Waals surface area contributed by atoms with Crippen LogP contribution >= 0.6 is 0 Å². The third kappa shape index (κ3) is 6.43. The zero-order chi connectivity index (χ0) is 31.8. The molecule has 2 aromatic rings. The number of pyridine rings is 1. The Hall–Kier alpha value is -2.81. The predicted molar refractivity (Wildman–Crippen MR) is 176 cm³/mol. The zero-order valence-electron chi connectivity index (χ0n) is 26.9. The van der Waals surface area contributed by atoms with E-state index in [4.69, 9.17) is 9.29 Å². The van der Waals surface area contributed by atoms with E-state index in [-0.39, 0.29) is 33.7 Å². The molecule has 2 saturated carbocycles. The largest absolute Gasteiger partial charge is 0.462 e. The molecule has 3 fully saturated rings. The first kappa shape index (κ1) is 32.1. The molecule has 0 spiro atoms. The lowest BCUT2D eigenvalue weighted by Crippen LogP contribution is -2.50. The number of benzene rings is 1. The fourth-order valence-electron chi connectivity index (χ4n) is 9.36. The minimum absolute atomic E-state index is 0.0642. The first-order valence-electron chi connectivity index (χ1n) is 16.7. The molecular weight excluding hydrogens is 584 g/mol. The van der Waals surface area contributed by atoms with E-state index in [1.807, 2.05) is 6.20 Å². The Labute approximate surface area is 268 Å². The number of allylic oxidation sites excluding steroid dienone is 3. The van der Waals surface area contributed by atoms with Crippen molar-refractivity contribution < 1.29 is 22.5 Å². The summed E-state index contributed by atoms with van der Waals surface area (Å²) in [6.45, 7) is 7.08. The van der Waals surface area contributed by atoms with Crippen molar-refractivity contribution in [3.63, 3.8) is 0 Å². The van der Waals surface area contributed by atoms with Crippen LogP contribution < -0.4 is 0 Å². The van der Waals surface area contributed by atoms with Crippen molar-refractivity contribution in [2.45, 2.75) is 82.6 Å². The summed E-state index contributed by atoms with van der Waals surface area (Å²) in [5.41, 5.74) is 5.00. The smallest absolute Gasteiger partial charge is 0.309 e. The number of hydrogen-bond acceptors (Lipinski definition) is 6. The molecule has 5 aliphatic rings. The predicted octanol–water partition coefficient (Wildman–Crippen LogP) is 7.22. The molecule has 8 heteroatoms. The lowest BCUT2D eigenvalue weighted by atomic mass is 9.47. The van der Waals surface area contributed by atoms with Crippen LogP contribution in [0.3, 0.4) is 0 Å². The van der Waals surface area contributed by atoms with Crippen LogP contribution in [0.4, 0.5) is 0 Å². The van der Waals surface area contributed by atoms with Crippen molar-refractivity contribution in [3.8, 4) is 0 Å². The van der Waals surface area contributed by atoms with Gasteiger partial charge in [0.05, 0.1) is 10.8 Å². The standard InChI is InChI=1S/C31H42N2O2.C6H6O3S/c1-30-14-10-24(35-29(34)21-12-17-33(3)18-13-21)19-23(30)6-7-25-27-9-8-26(22-5-4-16-32-20-22)31(27,2)15-11-28(25)30;7-10(8,9)6-4-2-1-3-5-6/h4-6,8,16,20-21,24-25,27-28H,7,9-15,17-19H2,1-3H3;1-5H,(H,7,8,9)/t24-,25-,27-,28-,30-,31+;/m0./s1. The van der Waals surface area contributed by atoms with E-state index in [9.17, 15) is 13.2 Å². The van der Waals surface area contributed by atoms with Crippen LogP contribution in [-0.4, -0.2) is 55.1 Å². The summed E-state index contributed by atoms with van der Waals surface area (Å²) in [4.78, 5) is 19.5. The average Bonchev–Trinajstić information content (AvgIpc) is 3.39. The van der Waals surface area contributed by atoms with E-state index >= 15 is 0 Å². The Morgan fingerprint density at radius 2 is 1.67 bits per heavy atom. The Bertz CT molecular complexity index is 1530. The third-order valence-electron chi connectivity index (χ3n) is 12.0. The summed E-state index contributed by atoms with van der Waals surface area (Å²) >= 11 is 0. The summed E-state index contributed by atoms with van der Waals surface area (Å²) < 4.78 is 35.4. The van der Waals surface area contributed by atoms with E-state index < -0.39 is 10.1 Å². The lowest BCUT2D eigenvalue weighted by molar-refractivity contribution is -0.157. The molecule has 242 valence electrons. The second-order valence-electron chi connectivity index (χ2n) is 14.5. The molecule has 1 saturated heterocycles. The van der Waals surface area contributed by atoms with Crippen LogP contribution in [0.5, 0.6) is 0 Å². The molecular formula is C37H48N2O5S. The molecule has 6 atom stereocenters. The monoisotopic (exact) mass is 632 g/mol.